The van der Waals surface area contributed by atoms with E-state index in [0.29, 0.717) is 12.3 Å². The van der Waals surface area contributed by atoms with Gasteiger partial charge in [0.25, 0.3) is 0 Å². The summed E-state index contributed by atoms with van der Waals surface area (Å²) in [6, 6.07) is 0. The van der Waals surface area contributed by atoms with Gasteiger partial charge >= 0.3 is 5.97 Å². The third-order valence-electron chi connectivity index (χ3n) is 4.01. The third-order valence-corrected chi connectivity index (χ3v) is 5.29. The number of carbonyl (C=O) groups is 1. The van der Waals surface area contributed by atoms with Gasteiger partial charge in [-0.05, 0) is 32.1 Å². The predicted octanol–water partition coefficient (Wildman–Crippen LogP) is 2.99. The van der Waals surface area contributed by atoms with Gasteiger partial charge in [0, 0.05) is 10.8 Å². The lowest BCUT2D eigenvalue weighted by atomic mass is 9.91. The molecule has 0 bridgehead atoms. The van der Waals surface area contributed by atoms with Gasteiger partial charge in [-0.15, -0.1) is 11.3 Å². The van der Waals surface area contributed by atoms with Crippen LogP contribution in [0.3, 0.4) is 0 Å². The highest BCUT2D eigenvalue weighted by Crippen LogP contribution is 2.39. The van der Waals surface area contributed by atoms with Gasteiger partial charge in [-0.3, -0.25) is 4.79 Å². The molecule has 0 spiro atoms. The van der Waals surface area contributed by atoms with E-state index in [0.717, 1.165) is 12.8 Å². The molecule has 3 nitrogen and oxygen atoms in total. The van der Waals surface area contributed by atoms with Crippen molar-refractivity contribution in [3.8, 4) is 0 Å². The van der Waals surface area contributed by atoms with Crippen molar-refractivity contribution in [2.45, 2.75) is 50.9 Å². The molecular weight excluding hydrogens is 234 g/mol. The van der Waals surface area contributed by atoms with Crippen molar-refractivity contribution < 1.29 is 9.90 Å². The van der Waals surface area contributed by atoms with Gasteiger partial charge in [0.05, 0.1) is 16.6 Å². The minimum Gasteiger partial charge on any atom is -0.481 e. The summed E-state index contributed by atoms with van der Waals surface area (Å²) in [6.07, 6.45) is 7.52. The summed E-state index contributed by atoms with van der Waals surface area (Å²) < 4.78 is 0. The number of carboxylic acids is 1. The Morgan fingerprint density at radius 3 is 2.76 bits per heavy atom. The lowest BCUT2D eigenvalue weighted by Crippen LogP contribution is -2.21. The largest absolute Gasteiger partial charge is 0.481 e. The van der Waals surface area contributed by atoms with E-state index in [9.17, 15) is 4.79 Å². The molecule has 1 heterocycles. The molecule has 0 radical (unpaired) electrons. The van der Waals surface area contributed by atoms with Gasteiger partial charge < -0.3 is 5.11 Å². The normalized spacial score (nSPS) is 24.8. The van der Waals surface area contributed by atoms with Crippen LogP contribution in [-0.4, -0.2) is 16.1 Å². The fraction of sp³-hybridized carbons (Fsp3) is 0.692. The minimum atomic E-state index is -0.647. The first-order chi connectivity index (χ1) is 8.24. The van der Waals surface area contributed by atoms with E-state index in [1.807, 2.05) is 0 Å². The Labute approximate surface area is 105 Å². The molecule has 1 N–H and O–H groups in total. The first-order valence-electron chi connectivity index (χ1n) is 6.45. The van der Waals surface area contributed by atoms with Crippen molar-refractivity contribution in [1.82, 2.24) is 4.98 Å². The van der Waals surface area contributed by atoms with Crippen molar-refractivity contribution in [1.29, 1.82) is 0 Å². The molecule has 0 aliphatic heterocycles. The maximum Gasteiger partial charge on any atom is 0.306 e. The number of aliphatic carboxylic acids is 1. The molecule has 92 valence electrons. The van der Waals surface area contributed by atoms with Crippen LogP contribution in [0.15, 0.2) is 0 Å². The highest BCUT2D eigenvalue weighted by Gasteiger charge is 2.29. The maximum absolute atomic E-state index is 11.0. The molecule has 1 aromatic rings. The van der Waals surface area contributed by atoms with Crippen LogP contribution in [0.2, 0.25) is 0 Å². The van der Waals surface area contributed by atoms with Gasteiger partial charge in [-0.1, -0.05) is 12.8 Å². The first-order valence-corrected chi connectivity index (χ1v) is 7.27. The lowest BCUT2D eigenvalue weighted by Gasteiger charge is -2.16. The topological polar surface area (TPSA) is 50.2 Å². The summed E-state index contributed by atoms with van der Waals surface area (Å²) in [5.74, 6) is -0.167. The van der Waals surface area contributed by atoms with Gasteiger partial charge in [-0.25, -0.2) is 4.98 Å². The third kappa shape index (κ3) is 2.10. The summed E-state index contributed by atoms with van der Waals surface area (Å²) in [7, 11) is 0. The summed E-state index contributed by atoms with van der Waals surface area (Å²) in [6.45, 7) is 0. The van der Waals surface area contributed by atoms with E-state index < -0.39 is 5.97 Å². The van der Waals surface area contributed by atoms with Crippen LogP contribution in [0.1, 0.15) is 53.6 Å². The monoisotopic (exact) mass is 251 g/mol. The number of hydrogen-bond acceptors (Lipinski definition) is 3. The second-order valence-corrected chi connectivity index (χ2v) is 6.30. The van der Waals surface area contributed by atoms with E-state index in [1.165, 1.54) is 41.3 Å². The lowest BCUT2D eigenvalue weighted by molar-refractivity contribution is -0.142. The minimum absolute atomic E-state index is 0.181. The Balaban J connectivity index is 1.81. The van der Waals surface area contributed by atoms with Crippen molar-refractivity contribution in [3.05, 3.63) is 15.6 Å². The van der Waals surface area contributed by atoms with E-state index in [-0.39, 0.29) is 5.92 Å². The zero-order valence-corrected chi connectivity index (χ0v) is 10.6. The fourth-order valence-electron chi connectivity index (χ4n) is 2.95. The number of nitrogens with zero attached hydrogens (tertiary/aromatic N) is 1. The Kier molecular flexibility index (Phi) is 2.90. The molecule has 1 fully saturated rings. The van der Waals surface area contributed by atoms with Crippen molar-refractivity contribution in [2.75, 3.05) is 0 Å². The summed E-state index contributed by atoms with van der Waals surface area (Å²) in [4.78, 5) is 17.0. The number of carboxylic acid groups (broad SMARTS) is 1. The van der Waals surface area contributed by atoms with Crippen molar-refractivity contribution in [2.24, 2.45) is 5.92 Å². The highest BCUT2D eigenvalue weighted by atomic mass is 32.1. The molecule has 0 amide bonds. The van der Waals surface area contributed by atoms with Crippen molar-refractivity contribution in [3.63, 3.8) is 0 Å². The average molecular weight is 251 g/mol. The Morgan fingerprint density at radius 2 is 2.06 bits per heavy atom. The molecule has 17 heavy (non-hydrogen) atoms. The molecule has 3 rings (SSSR count). The number of rotatable bonds is 2. The van der Waals surface area contributed by atoms with Crippen LogP contribution in [-0.2, 0) is 17.6 Å². The average Bonchev–Trinajstić information content (AvgIpc) is 2.96. The van der Waals surface area contributed by atoms with Gasteiger partial charge in [0.1, 0.15) is 0 Å². The van der Waals surface area contributed by atoms with E-state index in [2.05, 4.69) is 0 Å². The van der Waals surface area contributed by atoms with Crippen LogP contribution in [0.5, 0.6) is 0 Å². The Bertz CT molecular complexity index is 435. The molecule has 1 atom stereocenters. The summed E-state index contributed by atoms with van der Waals surface area (Å²) in [5, 5.41) is 10.3. The molecule has 1 unspecified atom stereocenters. The fourth-order valence-corrected chi connectivity index (χ4v) is 4.31. The molecule has 2 aliphatic rings. The molecule has 0 saturated heterocycles. The van der Waals surface area contributed by atoms with Crippen molar-refractivity contribution >= 4 is 17.3 Å². The maximum atomic E-state index is 11.0. The Morgan fingerprint density at radius 1 is 1.29 bits per heavy atom. The zero-order chi connectivity index (χ0) is 11.8. The van der Waals surface area contributed by atoms with Crippen LogP contribution in [0.25, 0.3) is 0 Å². The predicted molar refractivity (Wildman–Crippen MR) is 66.5 cm³/mol. The molecule has 4 heteroatoms. The van der Waals surface area contributed by atoms with Gasteiger partial charge in [0.15, 0.2) is 0 Å². The molecule has 0 aromatic carbocycles. The quantitative estimate of drug-likeness (QED) is 0.879. The first kappa shape index (κ1) is 11.2. The number of thiazole rings is 1. The number of hydrogen-bond donors (Lipinski definition) is 1. The standard InChI is InChI=1S/C13H17NO2S/c15-13(16)9-5-6-10-11(7-9)17-12(14-10)8-3-1-2-4-8/h8-9H,1-7H2,(H,15,16). The van der Waals surface area contributed by atoms with Crippen LogP contribution in [0, 0.1) is 5.92 Å². The van der Waals surface area contributed by atoms with Gasteiger partial charge in [0.2, 0.25) is 0 Å². The van der Waals surface area contributed by atoms with E-state index in [4.69, 9.17) is 10.1 Å². The SMILES string of the molecule is O=C(O)C1CCc2nc(C3CCCC3)sc2C1. The second kappa shape index (κ2) is 4.41. The molecular formula is C13H17NO2S. The molecule has 1 aromatic heterocycles. The molecule has 1 saturated carbocycles. The van der Waals surface area contributed by atoms with Crippen LogP contribution >= 0.6 is 11.3 Å². The van der Waals surface area contributed by atoms with E-state index >= 15 is 0 Å². The summed E-state index contributed by atoms with van der Waals surface area (Å²) in [5.41, 5.74) is 1.19. The number of fused-ring (bicyclic) bond motifs is 1. The number of aromatic nitrogens is 1. The number of aryl methyl sites for hydroxylation is 1. The zero-order valence-electron chi connectivity index (χ0n) is 9.82. The molecule has 2 aliphatic carbocycles. The highest BCUT2D eigenvalue weighted by molar-refractivity contribution is 7.11. The van der Waals surface area contributed by atoms with E-state index in [1.54, 1.807) is 11.3 Å². The summed E-state index contributed by atoms with van der Waals surface area (Å²) >= 11 is 1.78. The smallest absolute Gasteiger partial charge is 0.306 e. The second-order valence-electron chi connectivity index (χ2n) is 5.18. The van der Waals surface area contributed by atoms with Crippen LogP contribution < -0.4 is 0 Å². The van der Waals surface area contributed by atoms with Gasteiger partial charge in [-0.2, -0.15) is 0 Å². The Hall–Kier alpha value is -0.900. The van der Waals surface area contributed by atoms with Crippen LogP contribution in [0.4, 0.5) is 0 Å².